The molecule has 0 aliphatic carbocycles. The van der Waals surface area contributed by atoms with Crippen LogP contribution in [0.3, 0.4) is 0 Å². The fraction of sp³-hybridized carbons (Fsp3) is 0.286. The summed E-state index contributed by atoms with van der Waals surface area (Å²) in [6, 6.07) is 9.15. The number of phenols is 1. The lowest BCUT2D eigenvalue weighted by atomic mass is 10.0. The molecule has 0 heterocycles. The summed E-state index contributed by atoms with van der Waals surface area (Å²) in [7, 11) is 0. The van der Waals surface area contributed by atoms with Gasteiger partial charge in [-0.3, -0.25) is 9.59 Å². The number of nitrogens with zero attached hydrogens (tertiary/aromatic N) is 1. The molecule has 0 spiro atoms. The SMILES string of the molecule is CCOc1cc(C=NNC(=O)C(NC(=O)c2ccccc2Cl)C(C)C)cc(I)c1O. The molecule has 160 valence electrons. The molecule has 1 unspecified atom stereocenters. The van der Waals surface area contributed by atoms with E-state index >= 15 is 0 Å². The zero-order valence-electron chi connectivity index (χ0n) is 16.8. The van der Waals surface area contributed by atoms with Crippen LogP contribution in [0, 0.1) is 9.49 Å². The Morgan fingerprint density at radius 3 is 2.63 bits per heavy atom. The zero-order chi connectivity index (χ0) is 22.3. The molecule has 3 N–H and O–H groups in total. The van der Waals surface area contributed by atoms with Crippen LogP contribution < -0.4 is 15.5 Å². The van der Waals surface area contributed by atoms with Crippen LogP contribution in [0.4, 0.5) is 0 Å². The Morgan fingerprint density at radius 2 is 2.00 bits per heavy atom. The summed E-state index contributed by atoms with van der Waals surface area (Å²) in [5.41, 5.74) is 3.38. The van der Waals surface area contributed by atoms with E-state index in [1.54, 1.807) is 36.4 Å². The van der Waals surface area contributed by atoms with Crippen LogP contribution in [0.1, 0.15) is 36.7 Å². The maximum Gasteiger partial charge on any atom is 0.262 e. The Morgan fingerprint density at radius 1 is 1.30 bits per heavy atom. The molecule has 1 atom stereocenters. The van der Waals surface area contributed by atoms with Crippen molar-refractivity contribution >= 4 is 52.2 Å². The first-order valence-electron chi connectivity index (χ1n) is 9.28. The molecule has 0 aromatic heterocycles. The molecule has 2 rings (SSSR count). The molecule has 2 amide bonds. The molecule has 0 aliphatic heterocycles. The van der Waals surface area contributed by atoms with E-state index in [1.165, 1.54) is 6.21 Å². The molecule has 7 nitrogen and oxygen atoms in total. The molecule has 0 radical (unpaired) electrons. The number of benzene rings is 2. The number of ether oxygens (including phenoxy) is 1. The third-order valence-corrected chi connectivity index (χ3v) is 5.25. The number of halogens is 2. The summed E-state index contributed by atoms with van der Waals surface area (Å²) in [4.78, 5) is 25.1. The quantitative estimate of drug-likeness (QED) is 0.267. The molecule has 9 heteroatoms. The maximum absolute atomic E-state index is 12.6. The first-order chi connectivity index (χ1) is 14.2. The second kappa shape index (κ2) is 11.2. The Balaban J connectivity index is 2.09. The van der Waals surface area contributed by atoms with E-state index in [0.29, 0.717) is 32.1 Å². The number of hydrogen-bond acceptors (Lipinski definition) is 5. The highest BCUT2D eigenvalue weighted by Crippen LogP contribution is 2.32. The summed E-state index contributed by atoms with van der Waals surface area (Å²) < 4.78 is 5.98. The molecular formula is C21H23ClIN3O4. The lowest BCUT2D eigenvalue weighted by Crippen LogP contribution is -2.48. The van der Waals surface area contributed by atoms with Gasteiger partial charge in [0.25, 0.3) is 11.8 Å². The van der Waals surface area contributed by atoms with Crippen LogP contribution in [0.15, 0.2) is 41.5 Å². The standard InChI is InChI=1S/C21H23ClIN3O4/c1-4-30-17-10-13(9-16(23)19(17)27)11-24-26-21(29)18(12(2)3)25-20(28)14-7-5-6-8-15(14)22/h5-12,18,27H,4H2,1-3H3,(H,25,28)(H,26,29). The van der Waals surface area contributed by atoms with Crippen LogP contribution in [-0.4, -0.2) is 35.8 Å². The minimum Gasteiger partial charge on any atom is -0.504 e. The van der Waals surface area contributed by atoms with Crippen molar-refractivity contribution in [3.05, 3.63) is 56.1 Å². The predicted molar refractivity (Wildman–Crippen MR) is 125 cm³/mol. The Bertz CT molecular complexity index is 950. The average molecular weight is 544 g/mol. The molecule has 2 aromatic rings. The number of rotatable bonds is 8. The van der Waals surface area contributed by atoms with Gasteiger partial charge < -0.3 is 15.2 Å². The molecule has 0 fully saturated rings. The van der Waals surface area contributed by atoms with Gasteiger partial charge in [0.05, 0.1) is 27.0 Å². The van der Waals surface area contributed by atoms with Crippen LogP contribution in [0.5, 0.6) is 11.5 Å². The van der Waals surface area contributed by atoms with Gasteiger partial charge in [0.2, 0.25) is 0 Å². The number of carbonyl (C=O) groups excluding carboxylic acids is 2. The second-order valence-corrected chi connectivity index (χ2v) is 8.26. The molecule has 0 saturated heterocycles. The lowest BCUT2D eigenvalue weighted by Gasteiger charge is -2.20. The third kappa shape index (κ3) is 6.33. The summed E-state index contributed by atoms with van der Waals surface area (Å²) in [5, 5.41) is 17.0. The van der Waals surface area contributed by atoms with Gasteiger partial charge in [0, 0.05) is 0 Å². The number of hydrogen-bond donors (Lipinski definition) is 3. The van der Waals surface area contributed by atoms with Crippen LogP contribution in [0.25, 0.3) is 0 Å². The van der Waals surface area contributed by atoms with E-state index in [4.69, 9.17) is 16.3 Å². The predicted octanol–water partition coefficient (Wildman–Crippen LogP) is 3.95. The van der Waals surface area contributed by atoms with E-state index in [2.05, 4.69) is 15.8 Å². The van der Waals surface area contributed by atoms with E-state index in [-0.39, 0.29) is 11.7 Å². The van der Waals surface area contributed by atoms with Crippen LogP contribution in [-0.2, 0) is 4.79 Å². The Labute approximate surface area is 194 Å². The van der Waals surface area contributed by atoms with Gasteiger partial charge in [-0.25, -0.2) is 5.43 Å². The highest BCUT2D eigenvalue weighted by atomic mass is 127. The molecule has 0 saturated carbocycles. The number of phenolic OH excluding ortho intramolecular Hbond substituents is 1. The topological polar surface area (TPSA) is 100 Å². The van der Waals surface area contributed by atoms with E-state index in [9.17, 15) is 14.7 Å². The fourth-order valence-corrected chi connectivity index (χ4v) is 3.42. The number of carbonyl (C=O) groups is 2. The average Bonchev–Trinajstić information content (AvgIpc) is 2.69. The highest BCUT2D eigenvalue weighted by Gasteiger charge is 2.25. The van der Waals surface area contributed by atoms with E-state index in [1.807, 2.05) is 43.4 Å². The smallest absolute Gasteiger partial charge is 0.262 e. The largest absolute Gasteiger partial charge is 0.504 e. The fourth-order valence-electron chi connectivity index (χ4n) is 2.57. The van der Waals surface area contributed by atoms with Crippen molar-refractivity contribution in [3.8, 4) is 11.5 Å². The van der Waals surface area contributed by atoms with E-state index in [0.717, 1.165) is 0 Å². The zero-order valence-corrected chi connectivity index (χ0v) is 19.7. The van der Waals surface area contributed by atoms with Crippen LogP contribution >= 0.6 is 34.2 Å². The number of nitrogens with one attached hydrogen (secondary N) is 2. The summed E-state index contributed by atoms with van der Waals surface area (Å²) >= 11 is 8.04. The summed E-state index contributed by atoms with van der Waals surface area (Å²) in [5.74, 6) is -0.677. The summed E-state index contributed by atoms with van der Waals surface area (Å²) in [6.07, 6.45) is 1.44. The minimum absolute atomic E-state index is 0.0563. The van der Waals surface area contributed by atoms with Crippen molar-refractivity contribution < 1.29 is 19.4 Å². The van der Waals surface area contributed by atoms with Gasteiger partial charge in [0.15, 0.2) is 11.5 Å². The Hall–Kier alpha value is -2.33. The minimum atomic E-state index is -0.801. The normalized spacial score (nSPS) is 12.1. The lowest BCUT2D eigenvalue weighted by molar-refractivity contribution is -0.123. The van der Waals surface area contributed by atoms with Crippen molar-refractivity contribution in [1.29, 1.82) is 0 Å². The van der Waals surface area contributed by atoms with Crippen molar-refractivity contribution in [1.82, 2.24) is 10.7 Å². The molecule has 0 aliphatic rings. The number of aromatic hydroxyl groups is 1. The second-order valence-electron chi connectivity index (χ2n) is 6.69. The third-order valence-electron chi connectivity index (χ3n) is 4.09. The van der Waals surface area contributed by atoms with Gasteiger partial charge >= 0.3 is 0 Å². The first-order valence-corrected chi connectivity index (χ1v) is 10.7. The molecule has 0 bridgehead atoms. The van der Waals surface area contributed by atoms with Crippen molar-refractivity contribution in [2.75, 3.05) is 6.61 Å². The van der Waals surface area contributed by atoms with Crippen LogP contribution in [0.2, 0.25) is 5.02 Å². The summed E-state index contributed by atoms with van der Waals surface area (Å²) in [6.45, 7) is 5.85. The number of amides is 2. The Kier molecular flexibility index (Phi) is 8.91. The maximum atomic E-state index is 12.6. The van der Waals surface area contributed by atoms with Gasteiger partial charge in [0.1, 0.15) is 6.04 Å². The van der Waals surface area contributed by atoms with E-state index < -0.39 is 17.9 Å². The molecular weight excluding hydrogens is 521 g/mol. The monoisotopic (exact) mass is 543 g/mol. The first kappa shape index (κ1) is 23.9. The van der Waals surface area contributed by atoms with Gasteiger partial charge in [-0.2, -0.15) is 5.10 Å². The van der Waals surface area contributed by atoms with Crippen molar-refractivity contribution in [2.24, 2.45) is 11.0 Å². The van der Waals surface area contributed by atoms with Gasteiger partial charge in [-0.1, -0.05) is 37.6 Å². The van der Waals surface area contributed by atoms with Gasteiger partial charge in [-0.15, -0.1) is 0 Å². The van der Waals surface area contributed by atoms with Crippen molar-refractivity contribution in [2.45, 2.75) is 26.8 Å². The molecule has 30 heavy (non-hydrogen) atoms. The molecule has 2 aromatic carbocycles. The van der Waals surface area contributed by atoms with Gasteiger partial charge in [-0.05, 0) is 65.3 Å². The number of hydrazone groups is 1. The highest BCUT2D eigenvalue weighted by molar-refractivity contribution is 14.1. The van der Waals surface area contributed by atoms with Crippen molar-refractivity contribution in [3.63, 3.8) is 0 Å².